The Hall–Kier alpha value is -0.900. The third-order valence-corrected chi connectivity index (χ3v) is 3.16. The largest absolute Gasteiger partial charge is 0.326 e. The number of hydrogen-bond acceptors (Lipinski definition) is 2. The Balaban J connectivity index is 2.54. The van der Waals surface area contributed by atoms with Crippen LogP contribution in [0.5, 0.6) is 0 Å². The maximum atomic E-state index is 11.9. The van der Waals surface area contributed by atoms with Gasteiger partial charge in [-0.15, -0.1) is 0 Å². The molecule has 88 valence electrons. The summed E-state index contributed by atoms with van der Waals surface area (Å²) >= 11 is 5.08. The number of rotatable bonds is 2. The summed E-state index contributed by atoms with van der Waals surface area (Å²) in [4.78, 5) is 14.6. The predicted molar refractivity (Wildman–Crippen MR) is 67.3 cm³/mol. The van der Waals surface area contributed by atoms with E-state index in [2.05, 4.69) is 25.8 Å². The second kappa shape index (κ2) is 3.84. The van der Waals surface area contributed by atoms with Gasteiger partial charge in [0.2, 0.25) is 0 Å². The lowest BCUT2D eigenvalue weighted by Crippen LogP contribution is -2.32. The van der Waals surface area contributed by atoms with Crippen LogP contribution in [0.3, 0.4) is 0 Å². The summed E-state index contributed by atoms with van der Waals surface area (Å²) in [5.74, 6) is 0.683. The highest BCUT2D eigenvalue weighted by atomic mass is 32.1. The fourth-order valence-corrected chi connectivity index (χ4v) is 2.08. The summed E-state index contributed by atoms with van der Waals surface area (Å²) in [6.07, 6.45) is 2.48. The van der Waals surface area contributed by atoms with Crippen molar-refractivity contribution in [2.24, 2.45) is 5.92 Å². The number of aromatic amines is 1. The van der Waals surface area contributed by atoms with Crippen LogP contribution in [-0.2, 0) is 12.0 Å². The fraction of sp³-hybridized carbons (Fsp3) is 0.667. The molecule has 1 aromatic heterocycles. The molecule has 0 atom stereocenters. The summed E-state index contributed by atoms with van der Waals surface area (Å²) in [6.45, 7) is 7.16. The van der Waals surface area contributed by atoms with Crippen LogP contribution < -0.4 is 5.69 Å². The van der Waals surface area contributed by atoms with E-state index in [0.717, 1.165) is 12.2 Å². The summed E-state index contributed by atoms with van der Waals surface area (Å²) in [7, 11) is 0. The SMILES string of the molecule is CC(C)(C)c1cc(=S)[nH]c(=O)n1CC1CC1. The smallest absolute Gasteiger partial charge is 0.298 e. The number of H-pyrrole nitrogens is 1. The minimum absolute atomic E-state index is 0.0449. The van der Waals surface area contributed by atoms with E-state index < -0.39 is 0 Å². The van der Waals surface area contributed by atoms with Crippen molar-refractivity contribution in [2.45, 2.75) is 45.6 Å². The maximum absolute atomic E-state index is 11.9. The third-order valence-electron chi connectivity index (χ3n) is 2.94. The molecular weight excluding hydrogens is 220 g/mol. The molecule has 0 aromatic carbocycles. The molecule has 1 heterocycles. The van der Waals surface area contributed by atoms with E-state index in [-0.39, 0.29) is 11.1 Å². The summed E-state index contributed by atoms with van der Waals surface area (Å²) in [5, 5.41) is 0. The average Bonchev–Trinajstić information content (AvgIpc) is 2.91. The third kappa shape index (κ3) is 2.43. The molecule has 0 bridgehead atoms. The van der Waals surface area contributed by atoms with Crippen molar-refractivity contribution in [1.82, 2.24) is 9.55 Å². The predicted octanol–water partition coefficient (Wildman–Crippen LogP) is 2.61. The highest BCUT2D eigenvalue weighted by Crippen LogP contribution is 2.31. The van der Waals surface area contributed by atoms with Crippen LogP contribution >= 0.6 is 12.2 Å². The Morgan fingerprint density at radius 3 is 2.62 bits per heavy atom. The van der Waals surface area contributed by atoms with Gasteiger partial charge in [-0.1, -0.05) is 33.0 Å². The first kappa shape index (κ1) is 11.6. The van der Waals surface area contributed by atoms with Crippen molar-refractivity contribution in [1.29, 1.82) is 0 Å². The van der Waals surface area contributed by atoms with Gasteiger partial charge in [-0.25, -0.2) is 4.79 Å². The molecule has 0 unspecified atom stereocenters. The Labute approximate surface area is 101 Å². The van der Waals surface area contributed by atoms with Gasteiger partial charge in [-0.2, -0.15) is 0 Å². The van der Waals surface area contributed by atoms with Gasteiger partial charge in [-0.05, 0) is 24.8 Å². The van der Waals surface area contributed by atoms with Crippen LogP contribution in [0.15, 0.2) is 10.9 Å². The summed E-state index contributed by atoms with van der Waals surface area (Å²) in [6, 6.07) is 1.92. The van der Waals surface area contributed by atoms with E-state index in [4.69, 9.17) is 12.2 Å². The molecule has 1 aliphatic rings. The molecule has 0 aliphatic heterocycles. The van der Waals surface area contributed by atoms with E-state index in [1.165, 1.54) is 12.8 Å². The number of nitrogens with one attached hydrogen (secondary N) is 1. The minimum Gasteiger partial charge on any atom is -0.298 e. The van der Waals surface area contributed by atoms with Gasteiger partial charge in [0.1, 0.15) is 4.64 Å². The molecule has 1 N–H and O–H groups in total. The summed E-state index contributed by atoms with van der Waals surface area (Å²) < 4.78 is 2.38. The Morgan fingerprint density at radius 1 is 1.50 bits per heavy atom. The van der Waals surface area contributed by atoms with E-state index >= 15 is 0 Å². The molecule has 4 heteroatoms. The first-order chi connectivity index (χ1) is 7.38. The molecule has 1 aliphatic carbocycles. The van der Waals surface area contributed by atoms with Gasteiger partial charge in [0.25, 0.3) is 0 Å². The van der Waals surface area contributed by atoms with Gasteiger partial charge >= 0.3 is 5.69 Å². The second-order valence-corrected chi connectivity index (χ2v) is 6.07. The van der Waals surface area contributed by atoms with Gasteiger partial charge in [0, 0.05) is 17.7 Å². The fourth-order valence-electron chi connectivity index (χ4n) is 1.88. The Morgan fingerprint density at radius 2 is 2.12 bits per heavy atom. The van der Waals surface area contributed by atoms with E-state index in [1.54, 1.807) is 0 Å². The van der Waals surface area contributed by atoms with E-state index in [1.807, 2.05) is 10.6 Å². The van der Waals surface area contributed by atoms with Crippen LogP contribution in [-0.4, -0.2) is 9.55 Å². The van der Waals surface area contributed by atoms with Crippen molar-refractivity contribution < 1.29 is 0 Å². The molecule has 1 fully saturated rings. The maximum Gasteiger partial charge on any atom is 0.326 e. The van der Waals surface area contributed by atoms with Gasteiger partial charge in [0.05, 0.1) is 0 Å². The molecule has 1 saturated carbocycles. The van der Waals surface area contributed by atoms with Crippen molar-refractivity contribution in [2.75, 3.05) is 0 Å². The normalized spacial score (nSPS) is 16.4. The molecule has 0 spiro atoms. The van der Waals surface area contributed by atoms with Crippen molar-refractivity contribution in [3.05, 3.63) is 26.9 Å². The first-order valence-corrected chi connectivity index (χ1v) is 6.13. The number of aromatic nitrogens is 2. The lowest BCUT2D eigenvalue weighted by molar-refractivity contribution is 0.475. The topological polar surface area (TPSA) is 37.8 Å². The van der Waals surface area contributed by atoms with Crippen molar-refractivity contribution in [3.63, 3.8) is 0 Å². The lowest BCUT2D eigenvalue weighted by atomic mass is 9.91. The van der Waals surface area contributed by atoms with Crippen LogP contribution in [0.25, 0.3) is 0 Å². The summed E-state index contributed by atoms with van der Waals surface area (Å²) in [5.41, 5.74) is 0.925. The molecule has 1 aromatic rings. The number of hydrogen-bond donors (Lipinski definition) is 1. The van der Waals surface area contributed by atoms with Crippen molar-refractivity contribution >= 4 is 12.2 Å². The monoisotopic (exact) mass is 238 g/mol. The molecular formula is C12H18N2OS. The Bertz CT molecular complexity index is 503. The molecule has 0 saturated heterocycles. The van der Waals surface area contributed by atoms with Gasteiger partial charge in [0.15, 0.2) is 0 Å². The lowest BCUT2D eigenvalue weighted by Gasteiger charge is -2.23. The molecule has 2 rings (SSSR count). The Kier molecular flexibility index (Phi) is 2.78. The van der Waals surface area contributed by atoms with Gasteiger partial charge in [-0.3, -0.25) is 9.55 Å². The molecule has 0 radical (unpaired) electrons. The second-order valence-electron chi connectivity index (χ2n) is 5.63. The molecule has 0 amide bonds. The highest BCUT2D eigenvalue weighted by Gasteiger charge is 2.26. The van der Waals surface area contributed by atoms with E-state index in [9.17, 15) is 4.79 Å². The molecule has 16 heavy (non-hydrogen) atoms. The zero-order valence-corrected chi connectivity index (χ0v) is 10.9. The highest BCUT2D eigenvalue weighted by molar-refractivity contribution is 7.71. The van der Waals surface area contributed by atoms with Crippen LogP contribution in [0.2, 0.25) is 0 Å². The van der Waals surface area contributed by atoms with Crippen LogP contribution in [0, 0.1) is 10.6 Å². The number of nitrogens with zero attached hydrogens (tertiary/aromatic N) is 1. The minimum atomic E-state index is -0.0654. The van der Waals surface area contributed by atoms with Crippen LogP contribution in [0.1, 0.15) is 39.3 Å². The molecule has 3 nitrogen and oxygen atoms in total. The van der Waals surface area contributed by atoms with Gasteiger partial charge < -0.3 is 0 Å². The quantitative estimate of drug-likeness (QED) is 0.804. The standard InChI is InChI=1S/C12H18N2OS/c1-12(2,3)9-6-10(16)13-11(15)14(9)7-8-4-5-8/h6,8H,4-5,7H2,1-3H3,(H,13,15,16). The first-order valence-electron chi connectivity index (χ1n) is 5.72. The van der Waals surface area contributed by atoms with E-state index in [0.29, 0.717) is 10.6 Å². The average molecular weight is 238 g/mol. The zero-order chi connectivity index (χ0) is 11.9. The van der Waals surface area contributed by atoms with Crippen LogP contribution in [0.4, 0.5) is 0 Å². The van der Waals surface area contributed by atoms with Crippen molar-refractivity contribution in [3.8, 4) is 0 Å². The zero-order valence-electron chi connectivity index (χ0n) is 10.0.